The Balaban J connectivity index is 0.000000272. The maximum atomic E-state index is 11.8. The number of ether oxygens (including phenoxy) is 1. The van der Waals surface area contributed by atoms with Gasteiger partial charge < -0.3 is 21.3 Å². The number of nitrogens with two attached hydrogens (primary N) is 2. The van der Waals surface area contributed by atoms with E-state index >= 15 is 0 Å². The Bertz CT molecular complexity index is 649. The number of hydrogen-bond donors (Lipinski definition) is 3. The van der Waals surface area contributed by atoms with Gasteiger partial charge in [-0.25, -0.2) is 9.78 Å². The van der Waals surface area contributed by atoms with Gasteiger partial charge in [0.15, 0.2) is 0 Å². The first-order valence-electron chi connectivity index (χ1n) is 7.01. The van der Waals surface area contributed by atoms with Crippen molar-refractivity contribution < 1.29 is 23.6 Å². The molecule has 10 heteroatoms. The number of nitrogens with zero attached hydrogens (tertiary/aromatic N) is 1. The molecule has 0 radical (unpaired) electrons. The molecule has 0 saturated carbocycles. The van der Waals surface area contributed by atoms with Crippen LogP contribution in [0.4, 0.5) is 0 Å². The third-order valence-corrected chi connectivity index (χ3v) is 5.41. The Hall–Kier alpha value is -1.36. The van der Waals surface area contributed by atoms with Gasteiger partial charge in [-0.2, -0.15) is 0 Å². The minimum absolute atomic E-state index is 0.0952. The van der Waals surface area contributed by atoms with Crippen molar-refractivity contribution in [2.45, 2.75) is 36.1 Å². The quantitative estimate of drug-likeness (QED) is 0.632. The van der Waals surface area contributed by atoms with E-state index < -0.39 is 22.3 Å². The van der Waals surface area contributed by atoms with Crippen LogP contribution in [0.1, 0.15) is 30.8 Å². The molecule has 24 heavy (non-hydrogen) atoms. The molecule has 1 unspecified atom stereocenters. The minimum atomic E-state index is -1.29. The average Bonchev–Trinajstić information content (AvgIpc) is 2.45. The van der Waals surface area contributed by atoms with Crippen LogP contribution in [0.25, 0.3) is 0 Å². The summed E-state index contributed by atoms with van der Waals surface area (Å²) < 4.78 is 17.1. The lowest BCUT2D eigenvalue weighted by molar-refractivity contribution is -0.125. The number of carboxylic acids is 1. The van der Waals surface area contributed by atoms with Gasteiger partial charge in [-0.15, -0.1) is 0 Å². The summed E-state index contributed by atoms with van der Waals surface area (Å²) in [4.78, 5) is 24.8. The molecule has 8 nitrogen and oxygen atoms in total. The number of primary amides is 1. The molecular weight excluding hydrogens is 402 g/mol. The third-order valence-electron chi connectivity index (χ3n) is 2.96. The summed E-state index contributed by atoms with van der Waals surface area (Å²) in [5.74, 6) is -1.48. The van der Waals surface area contributed by atoms with E-state index in [1.54, 1.807) is 19.9 Å². The lowest BCUT2D eigenvalue weighted by atomic mass is 9.94. The highest BCUT2D eigenvalue weighted by Gasteiger charge is 2.35. The number of halogens is 1. The van der Waals surface area contributed by atoms with Crippen LogP contribution in [0, 0.1) is 0 Å². The van der Waals surface area contributed by atoms with Crippen LogP contribution in [0.15, 0.2) is 21.6 Å². The third kappa shape index (κ3) is 5.93. The highest BCUT2D eigenvalue weighted by Crippen LogP contribution is 2.21. The van der Waals surface area contributed by atoms with Gasteiger partial charge in [0.05, 0.1) is 34.0 Å². The second kappa shape index (κ2) is 8.65. The lowest BCUT2D eigenvalue weighted by Crippen LogP contribution is -2.59. The van der Waals surface area contributed by atoms with Crippen LogP contribution in [0.5, 0.6) is 0 Å². The molecule has 5 N–H and O–H groups in total. The van der Waals surface area contributed by atoms with E-state index in [0.29, 0.717) is 17.7 Å². The zero-order valence-electron chi connectivity index (χ0n) is 13.3. The first-order valence-corrected chi connectivity index (χ1v) is 9.01. The minimum Gasteiger partial charge on any atom is -0.477 e. The van der Waals surface area contributed by atoms with Gasteiger partial charge in [0, 0.05) is 11.7 Å². The van der Waals surface area contributed by atoms with Crippen LogP contribution < -0.4 is 11.5 Å². The second-order valence-electron chi connectivity index (χ2n) is 5.63. The molecule has 1 saturated heterocycles. The number of carbonyl (C=O) groups is 2. The molecule has 2 rings (SSSR count). The van der Waals surface area contributed by atoms with Gasteiger partial charge in [-0.05, 0) is 28.1 Å². The van der Waals surface area contributed by atoms with E-state index in [0.717, 1.165) is 0 Å². The molecule has 0 aromatic carbocycles. The number of aromatic nitrogens is 1. The fourth-order valence-electron chi connectivity index (χ4n) is 1.72. The average molecular weight is 422 g/mol. The molecule has 1 aromatic rings. The zero-order chi connectivity index (χ0) is 18.5. The number of amides is 1. The van der Waals surface area contributed by atoms with E-state index in [2.05, 4.69) is 20.9 Å². The number of carboxylic acid groups (broad SMARTS) is 1. The Morgan fingerprint density at radius 1 is 1.46 bits per heavy atom. The monoisotopic (exact) mass is 421 g/mol. The molecule has 0 aliphatic carbocycles. The van der Waals surface area contributed by atoms with Crippen molar-refractivity contribution in [2.75, 3.05) is 13.2 Å². The normalized spacial score (nSPS) is 16.5. The number of rotatable bonds is 5. The van der Waals surface area contributed by atoms with Crippen molar-refractivity contribution >= 4 is 38.6 Å². The highest BCUT2D eigenvalue weighted by atomic mass is 79.9. The number of carbonyl (C=O) groups excluding carboxylic acids is 1. The zero-order valence-corrected chi connectivity index (χ0v) is 15.7. The largest absolute Gasteiger partial charge is 0.477 e. The summed E-state index contributed by atoms with van der Waals surface area (Å²) in [5.41, 5.74) is 9.94. The van der Waals surface area contributed by atoms with Gasteiger partial charge >= 0.3 is 5.97 Å². The molecular formula is C14H20BrN3O5S. The maximum Gasteiger partial charge on any atom is 0.354 e. The Morgan fingerprint density at radius 2 is 2.04 bits per heavy atom. The SMILES string of the molecule is CC(C)S(=O)c1nc(C(=O)O)ccc1Br.NC(=O)CC1(N)COC1. The van der Waals surface area contributed by atoms with E-state index in [1.807, 2.05) is 0 Å². The van der Waals surface area contributed by atoms with Crippen molar-refractivity contribution in [3.8, 4) is 0 Å². The van der Waals surface area contributed by atoms with E-state index in [-0.39, 0.29) is 28.3 Å². The van der Waals surface area contributed by atoms with Gasteiger partial charge in [-0.1, -0.05) is 13.8 Å². The van der Waals surface area contributed by atoms with Crippen molar-refractivity contribution in [1.29, 1.82) is 0 Å². The van der Waals surface area contributed by atoms with Gasteiger partial charge in [-0.3, -0.25) is 9.00 Å². The first-order chi connectivity index (χ1) is 11.1. The molecule has 2 heterocycles. The Kier molecular flexibility index (Phi) is 7.46. The van der Waals surface area contributed by atoms with Crippen LogP contribution >= 0.6 is 15.9 Å². The molecule has 134 valence electrons. The van der Waals surface area contributed by atoms with Gasteiger partial charge in [0.1, 0.15) is 10.7 Å². The first kappa shape index (κ1) is 20.7. The van der Waals surface area contributed by atoms with E-state index in [1.165, 1.54) is 6.07 Å². The van der Waals surface area contributed by atoms with E-state index in [9.17, 15) is 13.8 Å². The highest BCUT2D eigenvalue weighted by molar-refractivity contribution is 9.10. The predicted octanol–water partition coefficient (Wildman–Crippen LogP) is 0.648. The lowest BCUT2D eigenvalue weighted by Gasteiger charge is -2.36. The fourth-order valence-corrected chi connectivity index (χ4v) is 3.31. The summed E-state index contributed by atoms with van der Waals surface area (Å²) in [5, 5.41) is 8.93. The van der Waals surface area contributed by atoms with Crippen LogP contribution in [-0.4, -0.2) is 50.2 Å². The molecule has 1 fully saturated rings. The van der Waals surface area contributed by atoms with Crippen molar-refractivity contribution in [2.24, 2.45) is 11.5 Å². The number of hydrogen-bond acceptors (Lipinski definition) is 6. The molecule has 0 spiro atoms. The van der Waals surface area contributed by atoms with Gasteiger partial charge in [0.25, 0.3) is 0 Å². The smallest absolute Gasteiger partial charge is 0.354 e. The molecule has 1 aliphatic rings. The predicted molar refractivity (Wildman–Crippen MR) is 92.0 cm³/mol. The molecule has 1 aliphatic heterocycles. The van der Waals surface area contributed by atoms with Crippen LogP contribution in [0.3, 0.4) is 0 Å². The molecule has 0 bridgehead atoms. The van der Waals surface area contributed by atoms with Crippen molar-refractivity contribution in [3.63, 3.8) is 0 Å². The summed E-state index contributed by atoms with van der Waals surface area (Å²) in [6.07, 6.45) is 0.229. The summed E-state index contributed by atoms with van der Waals surface area (Å²) >= 11 is 3.20. The fraction of sp³-hybridized carbons (Fsp3) is 0.500. The maximum absolute atomic E-state index is 11.8. The van der Waals surface area contributed by atoms with Crippen LogP contribution in [-0.2, 0) is 20.3 Å². The summed E-state index contributed by atoms with van der Waals surface area (Å²) in [7, 11) is -1.29. The van der Waals surface area contributed by atoms with E-state index in [4.69, 9.17) is 21.3 Å². The Morgan fingerprint density at radius 3 is 2.38 bits per heavy atom. The number of aromatic carboxylic acids is 1. The topological polar surface area (TPSA) is 146 Å². The van der Waals surface area contributed by atoms with Crippen molar-refractivity contribution in [3.05, 3.63) is 22.3 Å². The molecule has 1 amide bonds. The number of pyridine rings is 1. The van der Waals surface area contributed by atoms with Gasteiger partial charge in [0.2, 0.25) is 5.91 Å². The van der Waals surface area contributed by atoms with Crippen LogP contribution in [0.2, 0.25) is 0 Å². The standard InChI is InChI=1S/C9H10BrNO3S.C5H10N2O2/c1-5(2)15(14)8-6(10)3-4-7(11-8)9(12)13;6-4(8)1-5(7)2-9-3-5/h3-5H,1-2H3,(H,12,13);1-3,7H2,(H2,6,8). The summed E-state index contributed by atoms with van der Waals surface area (Å²) in [6.45, 7) is 4.49. The Labute approximate surface area is 150 Å². The summed E-state index contributed by atoms with van der Waals surface area (Å²) in [6, 6.07) is 2.92. The molecule has 1 aromatic heterocycles. The second-order valence-corrected chi connectivity index (χ2v) is 8.41. The molecule has 1 atom stereocenters. The van der Waals surface area contributed by atoms with Crippen molar-refractivity contribution in [1.82, 2.24) is 4.98 Å².